The molecule has 1 aromatic carbocycles. The molecular weight excluding hydrogens is 373 g/mol. The van der Waals surface area contributed by atoms with Gasteiger partial charge in [-0.3, -0.25) is 4.99 Å². The molecule has 116 valence electrons. The van der Waals surface area contributed by atoms with Gasteiger partial charge in [0.1, 0.15) is 0 Å². The Morgan fingerprint density at radius 3 is 2.33 bits per heavy atom. The molecule has 0 saturated heterocycles. The van der Waals surface area contributed by atoms with Crippen molar-refractivity contribution >= 4 is 29.9 Å². The lowest BCUT2D eigenvalue weighted by Crippen LogP contribution is -2.34. The fraction of sp³-hybridized carbons (Fsp3) is 0.588. The lowest BCUT2D eigenvalue weighted by atomic mass is 9.79. The van der Waals surface area contributed by atoms with Gasteiger partial charge in [0.05, 0.1) is 0 Å². The third-order valence-electron chi connectivity index (χ3n) is 4.57. The topological polar surface area (TPSA) is 50.4 Å². The van der Waals surface area contributed by atoms with E-state index in [1.165, 1.54) is 44.1 Å². The van der Waals surface area contributed by atoms with Gasteiger partial charge in [0.2, 0.25) is 0 Å². The highest BCUT2D eigenvalue weighted by Crippen LogP contribution is 2.35. The molecule has 3 rings (SSSR count). The van der Waals surface area contributed by atoms with Gasteiger partial charge in [-0.1, -0.05) is 30.3 Å². The maximum atomic E-state index is 5.89. The standard InChI is InChI=1S/C17H25N3.HI/c18-17(20-16-10-11-16)19-12-13-6-8-15(9-7-13)14-4-2-1-3-5-14;/h1-5,13,15-16H,6-12H2,(H3,18,19,20);1H. The van der Waals surface area contributed by atoms with Crippen molar-refractivity contribution < 1.29 is 0 Å². The Balaban J connectivity index is 0.00000161. The van der Waals surface area contributed by atoms with Gasteiger partial charge in [-0.15, -0.1) is 24.0 Å². The van der Waals surface area contributed by atoms with E-state index < -0.39 is 0 Å². The zero-order valence-electron chi connectivity index (χ0n) is 12.5. The fourth-order valence-corrected chi connectivity index (χ4v) is 3.11. The predicted molar refractivity (Wildman–Crippen MR) is 99.2 cm³/mol. The van der Waals surface area contributed by atoms with Crippen LogP contribution in [0, 0.1) is 5.92 Å². The summed E-state index contributed by atoms with van der Waals surface area (Å²) < 4.78 is 0. The summed E-state index contributed by atoms with van der Waals surface area (Å²) in [5, 5.41) is 3.26. The molecule has 3 nitrogen and oxygen atoms in total. The second-order valence-electron chi connectivity index (χ2n) is 6.27. The van der Waals surface area contributed by atoms with E-state index >= 15 is 0 Å². The normalized spacial score (nSPS) is 26.0. The lowest BCUT2D eigenvalue weighted by Gasteiger charge is -2.28. The molecule has 4 heteroatoms. The average Bonchev–Trinajstić information content (AvgIpc) is 3.31. The third-order valence-corrected chi connectivity index (χ3v) is 4.57. The minimum Gasteiger partial charge on any atom is -0.370 e. The minimum absolute atomic E-state index is 0. The zero-order valence-corrected chi connectivity index (χ0v) is 14.8. The SMILES string of the molecule is I.NC(=NCC1CCC(c2ccccc2)CC1)NC1CC1. The Morgan fingerprint density at radius 1 is 1.05 bits per heavy atom. The minimum atomic E-state index is 0. The monoisotopic (exact) mass is 399 g/mol. The molecule has 3 N–H and O–H groups in total. The molecule has 2 saturated carbocycles. The van der Waals surface area contributed by atoms with Crippen molar-refractivity contribution in [3.05, 3.63) is 35.9 Å². The molecule has 2 aliphatic carbocycles. The van der Waals surface area contributed by atoms with Crippen molar-refractivity contribution in [3.8, 4) is 0 Å². The number of nitrogens with one attached hydrogen (secondary N) is 1. The molecule has 1 aromatic rings. The maximum Gasteiger partial charge on any atom is 0.188 e. The van der Waals surface area contributed by atoms with Crippen LogP contribution in [0.4, 0.5) is 0 Å². The van der Waals surface area contributed by atoms with Crippen molar-refractivity contribution in [2.45, 2.75) is 50.5 Å². The highest BCUT2D eigenvalue weighted by Gasteiger charge is 2.23. The Hall–Kier alpha value is -0.780. The van der Waals surface area contributed by atoms with E-state index in [4.69, 9.17) is 5.73 Å². The number of aliphatic imine (C=N–C) groups is 1. The fourth-order valence-electron chi connectivity index (χ4n) is 3.11. The zero-order chi connectivity index (χ0) is 13.8. The van der Waals surface area contributed by atoms with Crippen LogP contribution >= 0.6 is 24.0 Å². The summed E-state index contributed by atoms with van der Waals surface area (Å²) in [6.45, 7) is 0.896. The Labute approximate surface area is 144 Å². The summed E-state index contributed by atoms with van der Waals surface area (Å²) in [6, 6.07) is 11.5. The first-order valence-corrected chi connectivity index (χ1v) is 7.92. The van der Waals surface area contributed by atoms with E-state index in [2.05, 4.69) is 40.6 Å². The number of hydrogen-bond donors (Lipinski definition) is 2. The van der Waals surface area contributed by atoms with Crippen LogP contribution in [0.25, 0.3) is 0 Å². The molecule has 0 spiro atoms. The first-order chi connectivity index (χ1) is 9.81. The van der Waals surface area contributed by atoms with Crippen molar-refractivity contribution in [1.82, 2.24) is 5.32 Å². The lowest BCUT2D eigenvalue weighted by molar-refractivity contribution is 0.333. The van der Waals surface area contributed by atoms with E-state index in [0.29, 0.717) is 12.0 Å². The number of benzene rings is 1. The van der Waals surface area contributed by atoms with Crippen molar-refractivity contribution in [2.24, 2.45) is 16.6 Å². The van der Waals surface area contributed by atoms with Gasteiger partial charge in [0.15, 0.2) is 5.96 Å². The maximum absolute atomic E-state index is 5.89. The second kappa shape index (κ2) is 8.01. The van der Waals surface area contributed by atoms with Crippen LogP contribution in [0.3, 0.4) is 0 Å². The Morgan fingerprint density at radius 2 is 1.71 bits per heavy atom. The van der Waals surface area contributed by atoms with E-state index in [-0.39, 0.29) is 24.0 Å². The summed E-state index contributed by atoms with van der Waals surface area (Å²) in [4.78, 5) is 4.51. The van der Waals surface area contributed by atoms with Crippen LogP contribution in [0.5, 0.6) is 0 Å². The summed E-state index contributed by atoms with van der Waals surface area (Å²) in [5.74, 6) is 2.12. The number of guanidine groups is 1. The van der Waals surface area contributed by atoms with Crippen LogP contribution in [0.2, 0.25) is 0 Å². The summed E-state index contributed by atoms with van der Waals surface area (Å²) in [5.41, 5.74) is 7.39. The predicted octanol–water partition coefficient (Wildman–Crippen LogP) is 3.65. The highest BCUT2D eigenvalue weighted by molar-refractivity contribution is 14.0. The third kappa shape index (κ3) is 5.16. The molecule has 0 unspecified atom stereocenters. The highest BCUT2D eigenvalue weighted by atomic mass is 127. The van der Waals surface area contributed by atoms with Gasteiger partial charge in [0.25, 0.3) is 0 Å². The number of halogens is 1. The van der Waals surface area contributed by atoms with Crippen molar-refractivity contribution in [2.75, 3.05) is 6.54 Å². The average molecular weight is 399 g/mol. The first-order valence-electron chi connectivity index (χ1n) is 7.92. The molecule has 0 aromatic heterocycles. The van der Waals surface area contributed by atoms with Gasteiger partial charge in [0, 0.05) is 12.6 Å². The van der Waals surface area contributed by atoms with Gasteiger partial charge < -0.3 is 11.1 Å². The Bertz CT molecular complexity index is 448. The van der Waals surface area contributed by atoms with E-state index in [9.17, 15) is 0 Å². The van der Waals surface area contributed by atoms with Gasteiger partial charge in [-0.2, -0.15) is 0 Å². The molecule has 0 atom stereocenters. The molecule has 0 amide bonds. The van der Waals surface area contributed by atoms with E-state index in [1.807, 2.05) is 0 Å². The van der Waals surface area contributed by atoms with Gasteiger partial charge >= 0.3 is 0 Å². The molecule has 0 heterocycles. The number of nitrogens with two attached hydrogens (primary N) is 1. The molecule has 0 bridgehead atoms. The number of hydrogen-bond acceptors (Lipinski definition) is 1. The number of rotatable bonds is 4. The quantitative estimate of drug-likeness (QED) is 0.462. The molecule has 0 radical (unpaired) electrons. The largest absolute Gasteiger partial charge is 0.370 e. The van der Waals surface area contributed by atoms with Crippen LogP contribution < -0.4 is 11.1 Å². The van der Waals surface area contributed by atoms with Crippen molar-refractivity contribution in [3.63, 3.8) is 0 Å². The van der Waals surface area contributed by atoms with Crippen LogP contribution in [0.15, 0.2) is 35.3 Å². The molecule has 21 heavy (non-hydrogen) atoms. The summed E-state index contributed by atoms with van der Waals surface area (Å²) in [7, 11) is 0. The van der Waals surface area contributed by atoms with Crippen molar-refractivity contribution in [1.29, 1.82) is 0 Å². The smallest absolute Gasteiger partial charge is 0.188 e. The first kappa shape index (κ1) is 16.6. The Kier molecular flexibility index (Phi) is 6.33. The summed E-state index contributed by atoms with van der Waals surface area (Å²) in [6.07, 6.45) is 7.64. The van der Waals surface area contributed by atoms with Crippen LogP contribution in [0.1, 0.15) is 50.0 Å². The van der Waals surface area contributed by atoms with Crippen LogP contribution in [-0.4, -0.2) is 18.5 Å². The second-order valence-corrected chi connectivity index (χ2v) is 6.27. The molecule has 2 aliphatic rings. The van der Waals surface area contributed by atoms with E-state index in [1.54, 1.807) is 0 Å². The molecule has 0 aliphatic heterocycles. The molecular formula is C17H26IN3. The summed E-state index contributed by atoms with van der Waals surface area (Å²) >= 11 is 0. The molecule has 2 fully saturated rings. The number of nitrogens with zero attached hydrogens (tertiary/aromatic N) is 1. The van der Waals surface area contributed by atoms with Crippen LogP contribution in [-0.2, 0) is 0 Å². The van der Waals surface area contributed by atoms with E-state index in [0.717, 1.165) is 18.4 Å². The van der Waals surface area contributed by atoms with Gasteiger partial charge in [-0.25, -0.2) is 0 Å². The van der Waals surface area contributed by atoms with Gasteiger partial charge in [-0.05, 0) is 55.9 Å².